The van der Waals surface area contributed by atoms with Gasteiger partial charge >= 0.3 is 0 Å². The molecule has 0 unspecified atom stereocenters. The fourth-order valence-electron chi connectivity index (χ4n) is 4.23. The number of benzene rings is 4. The Bertz CT molecular complexity index is 1720. The zero-order chi connectivity index (χ0) is 27.8. The second kappa shape index (κ2) is 10.4. The van der Waals surface area contributed by atoms with Crippen LogP contribution in [0.15, 0.2) is 84.9 Å². The molecule has 0 aliphatic rings. The van der Waals surface area contributed by atoms with Gasteiger partial charge in [0.1, 0.15) is 44.3 Å². The highest BCUT2D eigenvalue weighted by atomic mass is 32.1. The van der Waals surface area contributed by atoms with Crippen molar-refractivity contribution in [2.75, 3.05) is 14.2 Å². The first-order chi connectivity index (χ1) is 19.4. The van der Waals surface area contributed by atoms with Crippen LogP contribution < -0.4 is 18.9 Å². The lowest BCUT2D eigenvalue weighted by Gasteiger charge is -2.10. The van der Waals surface area contributed by atoms with E-state index in [9.17, 15) is 15.0 Å². The van der Waals surface area contributed by atoms with Crippen LogP contribution in [0.3, 0.4) is 0 Å². The second-order valence-electron chi connectivity index (χ2n) is 8.77. The minimum Gasteiger partial charge on any atom is -0.508 e. The summed E-state index contributed by atoms with van der Waals surface area (Å²) in [6.07, 6.45) is 0. The third-order valence-corrected chi connectivity index (χ3v) is 8.49. The lowest BCUT2D eigenvalue weighted by atomic mass is 10.1. The molecule has 0 bridgehead atoms. The van der Waals surface area contributed by atoms with E-state index >= 15 is 0 Å². The smallest absolute Gasteiger partial charge is 0.220 e. The molecule has 6 aromatic rings. The van der Waals surface area contributed by atoms with Crippen LogP contribution in [0.5, 0.6) is 46.0 Å². The maximum atomic E-state index is 14.3. The molecule has 0 saturated carbocycles. The van der Waals surface area contributed by atoms with Gasteiger partial charge in [-0.15, -0.1) is 22.7 Å². The van der Waals surface area contributed by atoms with E-state index in [-0.39, 0.29) is 17.3 Å². The summed E-state index contributed by atoms with van der Waals surface area (Å²) in [6, 6.07) is 23.8. The van der Waals surface area contributed by atoms with E-state index in [1.807, 2.05) is 36.4 Å². The van der Waals surface area contributed by atoms with Crippen molar-refractivity contribution < 1.29 is 34.0 Å². The summed E-state index contributed by atoms with van der Waals surface area (Å²) in [5, 5.41) is 21.0. The number of aromatic hydroxyl groups is 2. The molecule has 2 N–H and O–H groups in total. The molecular weight excluding hydrogens is 548 g/mol. The number of hydrogen-bond donors (Lipinski definition) is 2. The minimum absolute atomic E-state index is 0.111. The van der Waals surface area contributed by atoms with Crippen LogP contribution in [0.4, 0.5) is 0 Å². The van der Waals surface area contributed by atoms with Crippen molar-refractivity contribution in [1.29, 1.82) is 0 Å². The Labute approximate surface area is 237 Å². The van der Waals surface area contributed by atoms with Crippen molar-refractivity contribution in [3.05, 3.63) is 94.7 Å². The van der Waals surface area contributed by atoms with Gasteiger partial charge in [0, 0.05) is 20.2 Å². The maximum absolute atomic E-state index is 14.3. The number of methoxy groups -OCH3 is 2. The molecule has 6 rings (SSSR count). The third-order valence-electron chi connectivity index (χ3n) is 6.23. The summed E-state index contributed by atoms with van der Waals surface area (Å²) in [4.78, 5) is 15.1. The number of fused-ring (bicyclic) bond motifs is 2. The molecule has 0 radical (unpaired) electrons. The summed E-state index contributed by atoms with van der Waals surface area (Å²) in [5.41, 5.74) is 0. The number of ether oxygens (including phenoxy) is 4. The SMILES string of the molecule is COc1ccc2c(Oc3ccc(O)cc3)c(C(=O)c3sc4cc(OC)ccc4c3Oc3ccc(O)cc3)sc2c1. The van der Waals surface area contributed by atoms with Crippen LogP contribution in [0, 0.1) is 0 Å². The predicted molar refractivity (Wildman–Crippen MR) is 157 cm³/mol. The van der Waals surface area contributed by atoms with Crippen LogP contribution in [0.2, 0.25) is 0 Å². The number of phenols is 2. The first-order valence-corrected chi connectivity index (χ1v) is 13.8. The molecule has 4 aromatic carbocycles. The van der Waals surface area contributed by atoms with Crippen molar-refractivity contribution in [1.82, 2.24) is 0 Å². The van der Waals surface area contributed by atoms with Crippen LogP contribution in [0.25, 0.3) is 20.2 Å². The molecule has 0 spiro atoms. The van der Waals surface area contributed by atoms with Gasteiger partial charge in [0.05, 0.1) is 14.2 Å². The summed E-state index contributed by atoms with van der Waals surface area (Å²) in [6.45, 7) is 0. The van der Waals surface area contributed by atoms with Gasteiger partial charge in [0.25, 0.3) is 0 Å². The van der Waals surface area contributed by atoms with Gasteiger partial charge in [-0.2, -0.15) is 0 Å². The summed E-state index contributed by atoms with van der Waals surface area (Å²) in [7, 11) is 3.18. The van der Waals surface area contributed by atoms with Gasteiger partial charge in [-0.05, 0) is 84.9 Å². The molecule has 0 aliphatic carbocycles. The van der Waals surface area contributed by atoms with Crippen molar-refractivity contribution in [2.24, 2.45) is 0 Å². The highest BCUT2D eigenvalue weighted by Crippen LogP contribution is 2.47. The van der Waals surface area contributed by atoms with Crippen molar-refractivity contribution in [2.45, 2.75) is 0 Å². The standard InChI is InChI=1S/C31H22O7S2/c1-35-21-11-13-23-25(15-21)39-30(28(23)37-19-7-3-17(32)4-8-19)27(34)31-29(38-20-9-5-18(33)6-10-20)24-14-12-22(36-2)16-26(24)40-31/h3-16,32-33H,1-2H3. The quantitative estimate of drug-likeness (QED) is 0.178. The first-order valence-electron chi connectivity index (χ1n) is 12.1. The van der Waals surface area contributed by atoms with Crippen molar-refractivity contribution >= 4 is 48.6 Å². The molecule has 9 heteroatoms. The normalized spacial score (nSPS) is 11.1. The topological polar surface area (TPSA) is 94.5 Å². The van der Waals surface area contributed by atoms with E-state index in [4.69, 9.17) is 18.9 Å². The average molecular weight is 571 g/mol. The van der Waals surface area contributed by atoms with Crippen molar-refractivity contribution in [3.63, 3.8) is 0 Å². The van der Waals surface area contributed by atoms with E-state index in [1.54, 1.807) is 38.5 Å². The zero-order valence-electron chi connectivity index (χ0n) is 21.3. The summed E-state index contributed by atoms with van der Waals surface area (Å²) < 4.78 is 25.0. The molecular formula is C31H22O7S2. The molecule has 0 amide bonds. The predicted octanol–water partition coefficient (Wildman–Crippen LogP) is 8.36. The van der Waals surface area contributed by atoms with Gasteiger partial charge < -0.3 is 29.2 Å². The highest BCUT2D eigenvalue weighted by molar-refractivity contribution is 7.24. The Morgan fingerprint density at radius 1 is 0.575 bits per heavy atom. The summed E-state index contributed by atoms with van der Waals surface area (Å²) in [5.74, 6) is 3.05. The molecule has 7 nitrogen and oxygen atoms in total. The summed E-state index contributed by atoms with van der Waals surface area (Å²) >= 11 is 2.61. The second-order valence-corrected chi connectivity index (χ2v) is 10.9. The third kappa shape index (κ3) is 4.76. The number of rotatable bonds is 8. The zero-order valence-corrected chi connectivity index (χ0v) is 23.0. The number of phenolic OH excluding ortho intramolecular Hbond substituents is 2. The molecule has 2 aromatic heterocycles. The van der Waals surface area contributed by atoms with Crippen molar-refractivity contribution in [3.8, 4) is 46.0 Å². The monoisotopic (exact) mass is 570 g/mol. The fourth-order valence-corrected chi connectivity index (χ4v) is 6.50. The number of thiophene rings is 2. The molecule has 2 heterocycles. The average Bonchev–Trinajstić information content (AvgIpc) is 3.52. The number of hydrogen-bond acceptors (Lipinski definition) is 9. The molecule has 200 valence electrons. The fraction of sp³-hybridized carbons (Fsp3) is 0.0645. The highest BCUT2D eigenvalue weighted by Gasteiger charge is 2.28. The Kier molecular flexibility index (Phi) is 6.67. The van der Waals surface area contributed by atoms with E-state index in [2.05, 4.69) is 0 Å². The Balaban J connectivity index is 1.52. The molecule has 0 fully saturated rings. The molecule has 0 atom stereocenters. The van der Waals surface area contributed by atoms with Crippen LogP contribution >= 0.6 is 22.7 Å². The lowest BCUT2D eigenvalue weighted by molar-refractivity contribution is 0.104. The van der Waals surface area contributed by atoms with Crippen LogP contribution in [-0.2, 0) is 0 Å². The molecule has 0 aliphatic heterocycles. The lowest BCUT2D eigenvalue weighted by Crippen LogP contribution is -2.00. The van der Waals surface area contributed by atoms with Gasteiger partial charge in [-0.1, -0.05) is 0 Å². The Morgan fingerprint density at radius 2 is 0.950 bits per heavy atom. The molecule has 40 heavy (non-hydrogen) atoms. The van der Waals surface area contributed by atoms with Crippen LogP contribution in [-0.4, -0.2) is 30.2 Å². The van der Waals surface area contributed by atoms with Gasteiger partial charge in [0.2, 0.25) is 5.78 Å². The van der Waals surface area contributed by atoms with Gasteiger partial charge in [-0.25, -0.2) is 0 Å². The Hall–Kier alpha value is -4.73. The first kappa shape index (κ1) is 25.5. The van der Waals surface area contributed by atoms with Gasteiger partial charge in [0.15, 0.2) is 11.5 Å². The minimum atomic E-state index is -0.261. The Morgan fingerprint density at radius 3 is 1.32 bits per heavy atom. The number of carbonyl (C=O) groups excluding carboxylic acids is 1. The largest absolute Gasteiger partial charge is 0.508 e. The van der Waals surface area contributed by atoms with E-state index < -0.39 is 0 Å². The molecule has 0 saturated heterocycles. The maximum Gasteiger partial charge on any atom is 0.220 e. The van der Waals surface area contributed by atoms with E-state index in [1.165, 1.54) is 46.9 Å². The number of ketones is 1. The van der Waals surface area contributed by atoms with Gasteiger partial charge in [-0.3, -0.25) is 4.79 Å². The van der Waals surface area contributed by atoms with E-state index in [0.717, 1.165) is 20.2 Å². The van der Waals surface area contributed by atoms with E-state index in [0.29, 0.717) is 44.3 Å². The number of carbonyl (C=O) groups is 1. The van der Waals surface area contributed by atoms with Crippen LogP contribution in [0.1, 0.15) is 14.5 Å².